The van der Waals surface area contributed by atoms with Crippen molar-refractivity contribution >= 4 is 16.6 Å². The highest BCUT2D eigenvalue weighted by Crippen LogP contribution is 2.29. The van der Waals surface area contributed by atoms with E-state index in [2.05, 4.69) is 73.3 Å². The standard InChI is InChI=1S/C26H26N2O/c1-3-28(4-2)23-16-13-21(14-17-23)24-18-15-22-11-8-12-25(26(22)27-24)29-19-20-9-6-5-7-10-20/h5-18H,3-4,19H2,1-2H3. The Morgan fingerprint density at radius 1 is 0.759 bits per heavy atom. The molecule has 4 rings (SSSR count). The van der Waals surface area contributed by atoms with E-state index in [9.17, 15) is 0 Å². The van der Waals surface area contributed by atoms with E-state index in [1.807, 2.05) is 30.3 Å². The second kappa shape index (κ2) is 8.78. The van der Waals surface area contributed by atoms with Gasteiger partial charge in [0.2, 0.25) is 0 Å². The minimum atomic E-state index is 0.532. The maximum atomic E-state index is 6.11. The van der Waals surface area contributed by atoms with E-state index in [1.54, 1.807) is 0 Å². The highest BCUT2D eigenvalue weighted by Gasteiger charge is 2.08. The first-order chi connectivity index (χ1) is 14.3. The van der Waals surface area contributed by atoms with Gasteiger partial charge in [-0.3, -0.25) is 0 Å². The molecule has 29 heavy (non-hydrogen) atoms. The fourth-order valence-corrected chi connectivity index (χ4v) is 3.56. The van der Waals surface area contributed by atoms with Gasteiger partial charge in [0.1, 0.15) is 17.9 Å². The second-order valence-corrected chi connectivity index (χ2v) is 7.02. The van der Waals surface area contributed by atoms with Crippen LogP contribution in [0.2, 0.25) is 0 Å². The van der Waals surface area contributed by atoms with Crippen LogP contribution in [0.15, 0.2) is 84.9 Å². The third-order valence-electron chi connectivity index (χ3n) is 5.21. The van der Waals surface area contributed by atoms with Crippen molar-refractivity contribution in [1.29, 1.82) is 0 Å². The molecule has 3 aromatic carbocycles. The molecule has 0 spiro atoms. The normalized spacial score (nSPS) is 10.8. The maximum Gasteiger partial charge on any atom is 0.146 e. The van der Waals surface area contributed by atoms with E-state index >= 15 is 0 Å². The van der Waals surface area contributed by atoms with Crippen molar-refractivity contribution in [3.05, 3.63) is 90.5 Å². The summed E-state index contributed by atoms with van der Waals surface area (Å²) in [5.74, 6) is 0.813. The first-order valence-corrected chi connectivity index (χ1v) is 10.2. The number of anilines is 1. The van der Waals surface area contributed by atoms with Crippen molar-refractivity contribution in [2.24, 2.45) is 0 Å². The van der Waals surface area contributed by atoms with Gasteiger partial charge in [-0.2, -0.15) is 0 Å². The molecule has 146 valence electrons. The van der Waals surface area contributed by atoms with Crippen molar-refractivity contribution in [1.82, 2.24) is 4.98 Å². The first-order valence-electron chi connectivity index (χ1n) is 10.2. The molecule has 0 bridgehead atoms. The molecule has 0 unspecified atom stereocenters. The fraction of sp³-hybridized carbons (Fsp3) is 0.192. The molecule has 0 atom stereocenters. The highest BCUT2D eigenvalue weighted by atomic mass is 16.5. The van der Waals surface area contributed by atoms with Gasteiger partial charge in [0.25, 0.3) is 0 Å². The van der Waals surface area contributed by atoms with Gasteiger partial charge in [-0.25, -0.2) is 4.98 Å². The molecule has 3 nitrogen and oxygen atoms in total. The molecular formula is C26H26N2O. The SMILES string of the molecule is CCN(CC)c1ccc(-c2ccc3cccc(OCc4ccccc4)c3n2)cc1. The molecule has 0 N–H and O–H groups in total. The molecule has 4 aromatic rings. The van der Waals surface area contributed by atoms with Gasteiger partial charge in [-0.05, 0) is 43.7 Å². The topological polar surface area (TPSA) is 25.4 Å². The van der Waals surface area contributed by atoms with Crippen LogP contribution in [0.3, 0.4) is 0 Å². The number of hydrogen-bond donors (Lipinski definition) is 0. The molecule has 1 aromatic heterocycles. The fourth-order valence-electron chi connectivity index (χ4n) is 3.56. The molecule has 0 aliphatic rings. The summed E-state index contributed by atoms with van der Waals surface area (Å²) in [4.78, 5) is 7.27. The van der Waals surface area contributed by atoms with Gasteiger partial charge in [0.05, 0.1) is 5.69 Å². The van der Waals surface area contributed by atoms with Gasteiger partial charge in [0.15, 0.2) is 0 Å². The van der Waals surface area contributed by atoms with Crippen LogP contribution in [0, 0.1) is 0 Å². The van der Waals surface area contributed by atoms with Crippen molar-refractivity contribution in [2.75, 3.05) is 18.0 Å². The number of aromatic nitrogens is 1. The van der Waals surface area contributed by atoms with Crippen LogP contribution in [-0.4, -0.2) is 18.1 Å². The number of benzene rings is 3. The molecule has 3 heteroatoms. The molecule has 0 aliphatic heterocycles. The summed E-state index contributed by atoms with van der Waals surface area (Å²) in [7, 11) is 0. The summed E-state index contributed by atoms with van der Waals surface area (Å²) in [6.45, 7) is 6.90. The summed E-state index contributed by atoms with van der Waals surface area (Å²) in [5, 5.41) is 1.08. The number of rotatable bonds is 7. The van der Waals surface area contributed by atoms with Gasteiger partial charge in [-0.1, -0.05) is 60.7 Å². The van der Waals surface area contributed by atoms with E-state index in [0.717, 1.165) is 46.6 Å². The van der Waals surface area contributed by atoms with Crippen molar-refractivity contribution < 1.29 is 4.74 Å². The van der Waals surface area contributed by atoms with E-state index < -0.39 is 0 Å². The monoisotopic (exact) mass is 382 g/mol. The molecule has 0 fully saturated rings. The lowest BCUT2D eigenvalue weighted by atomic mass is 10.1. The molecule has 0 saturated carbocycles. The summed E-state index contributed by atoms with van der Waals surface area (Å²) in [6.07, 6.45) is 0. The Bertz CT molecular complexity index is 1070. The molecule has 0 saturated heterocycles. The maximum absolute atomic E-state index is 6.11. The summed E-state index contributed by atoms with van der Waals surface area (Å²) in [5.41, 5.74) is 5.35. The van der Waals surface area contributed by atoms with Crippen LogP contribution in [0.4, 0.5) is 5.69 Å². The Kier molecular flexibility index (Phi) is 5.76. The number of nitrogens with zero attached hydrogens (tertiary/aromatic N) is 2. The lowest BCUT2D eigenvalue weighted by molar-refractivity contribution is 0.309. The predicted molar refractivity (Wildman–Crippen MR) is 122 cm³/mol. The molecular weight excluding hydrogens is 356 g/mol. The molecule has 1 heterocycles. The number of para-hydroxylation sites is 1. The van der Waals surface area contributed by atoms with E-state index in [0.29, 0.717) is 6.61 Å². The largest absolute Gasteiger partial charge is 0.487 e. The zero-order chi connectivity index (χ0) is 20.1. The smallest absolute Gasteiger partial charge is 0.146 e. The Balaban J connectivity index is 1.63. The average Bonchev–Trinajstić information content (AvgIpc) is 2.79. The van der Waals surface area contributed by atoms with Crippen molar-refractivity contribution in [3.8, 4) is 17.0 Å². The Morgan fingerprint density at radius 3 is 2.24 bits per heavy atom. The zero-order valence-corrected chi connectivity index (χ0v) is 17.0. The third-order valence-corrected chi connectivity index (χ3v) is 5.21. The molecule has 0 radical (unpaired) electrons. The van der Waals surface area contributed by atoms with Crippen molar-refractivity contribution in [3.63, 3.8) is 0 Å². The first kappa shape index (κ1) is 19.0. The minimum Gasteiger partial charge on any atom is -0.487 e. The van der Waals surface area contributed by atoms with Gasteiger partial charge in [0, 0.05) is 29.7 Å². The Hall–Kier alpha value is -3.33. The minimum absolute atomic E-state index is 0.532. The molecule has 0 amide bonds. The number of ether oxygens (including phenoxy) is 1. The van der Waals surface area contributed by atoms with Gasteiger partial charge in [-0.15, -0.1) is 0 Å². The predicted octanol–water partition coefficient (Wildman–Crippen LogP) is 6.33. The van der Waals surface area contributed by atoms with Crippen LogP contribution < -0.4 is 9.64 Å². The lowest BCUT2D eigenvalue weighted by Crippen LogP contribution is -2.21. The van der Waals surface area contributed by atoms with E-state index in [4.69, 9.17) is 9.72 Å². The Morgan fingerprint density at radius 2 is 1.52 bits per heavy atom. The van der Waals surface area contributed by atoms with Crippen LogP contribution in [0.25, 0.3) is 22.2 Å². The van der Waals surface area contributed by atoms with Crippen LogP contribution in [-0.2, 0) is 6.61 Å². The summed E-state index contributed by atoms with van der Waals surface area (Å²) >= 11 is 0. The number of fused-ring (bicyclic) bond motifs is 1. The van der Waals surface area contributed by atoms with Crippen LogP contribution in [0.1, 0.15) is 19.4 Å². The van der Waals surface area contributed by atoms with Crippen molar-refractivity contribution in [2.45, 2.75) is 20.5 Å². The van der Waals surface area contributed by atoms with Crippen LogP contribution >= 0.6 is 0 Å². The van der Waals surface area contributed by atoms with E-state index in [1.165, 1.54) is 5.69 Å². The summed E-state index contributed by atoms with van der Waals surface area (Å²) < 4.78 is 6.11. The number of hydrogen-bond acceptors (Lipinski definition) is 3. The number of pyridine rings is 1. The second-order valence-electron chi connectivity index (χ2n) is 7.02. The molecule has 0 aliphatic carbocycles. The zero-order valence-electron chi connectivity index (χ0n) is 17.0. The lowest BCUT2D eigenvalue weighted by Gasteiger charge is -2.21. The quantitative estimate of drug-likeness (QED) is 0.373. The Labute approximate surface area is 172 Å². The third kappa shape index (κ3) is 4.24. The van der Waals surface area contributed by atoms with Gasteiger partial charge >= 0.3 is 0 Å². The van der Waals surface area contributed by atoms with E-state index in [-0.39, 0.29) is 0 Å². The summed E-state index contributed by atoms with van der Waals surface area (Å²) in [6, 6.07) is 29.1. The van der Waals surface area contributed by atoms with Crippen LogP contribution in [0.5, 0.6) is 5.75 Å². The average molecular weight is 383 g/mol. The highest BCUT2D eigenvalue weighted by molar-refractivity contribution is 5.86. The van der Waals surface area contributed by atoms with Gasteiger partial charge < -0.3 is 9.64 Å².